The van der Waals surface area contributed by atoms with Crippen LogP contribution >= 0.6 is 0 Å². The van der Waals surface area contributed by atoms with E-state index in [0.717, 1.165) is 10.9 Å². The molecule has 0 bridgehead atoms. The van der Waals surface area contributed by atoms with Crippen molar-refractivity contribution in [2.45, 2.75) is 32.4 Å². The van der Waals surface area contributed by atoms with Gasteiger partial charge in [-0.1, -0.05) is 18.2 Å². The minimum absolute atomic E-state index is 0.0432. The number of carbonyl (C=O) groups is 1. The van der Waals surface area contributed by atoms with Gasteiger partial charge in [0.1, 0.15) is 0 Å². The fourth-order valence-electron chi connectivity index (χ4n) is 2.98. The highest BCUT2D eigenvalue weighted by molar-refractivity contribution is 7.91. The number of fused-ring (bicyclic) bond motifs is 1. The molecule has 2 aromatic rings. The maximum Gasteiger partial charge on any atom is 0.253 e. The van der Waals surface area contributed by atoms with Crippen LogP contribution in [0.2, 0.25) is 0 Å². The van der Waals surface area contributed by atoms with Gasteiger partial charge in [0, 0.05) is 29.2 Å². The third-order valence-corrected chi connectivity index (χ3v) is 5.88. The Morgan fingerprint density at radius 2 is 2.05 bits per heavy atom. The van der Waals surface area contributed by atoms with E-state index in [1.165, 1.54) is 0 Å². The number of nitrogens with one attached hydrogen (secondary N) is 1. The van der Waals surface area contributed by atoms with Crippen molar-refractivity contribution in [2.24, 2.45) is 0 Å². The first kappa shape index (κ1) is 15.1. The second-order valence-corrected chi connectivity index (χ2v) is 8.36. The summed E-state index contributed by atoms with van der Waals surface area (Å²) < 4.78 is 25.1. The summed E-state index contributed by atoms with van der Waals surface area (Å²) in [5.74, 6) is 0.00507. The SMILES string of the molecule is CC(C)n1cc(C(=O)NC2CCS(=O)(=O)C2)c2ccccc21. The molecule has 0 spiro atoms. The summed E-state index contributed by atoms with van der Waals surface area (Å²) in [5, 5.41) is 3.76. The van der Waals surface area contributed by atoms with E-state index in [4.69, 9.17) is 0 Å². The van der Waals surface area contributed by atoms with Crippen molar-refractivity contribution in [3.05, 3.63) is 36.0 Å². The lowest BCUT2D eigenvalue weighted by atomic mass is 10.1. The monoisotopic (exact) mass is 320 g/mol. The van der Waals surface area contributed by atoms with Crippen LogP contribution in [0.3, 0.4) is 0 Å². The molecule has 1 atom stereocenters. The molecule has 1 aromatic carbocycles. The molecule has 1 aliphatic rings. The maximum atomic E-state index is 12.5. The van der Waals surface area contributed by atoms with Crippen molar-refractivity contribution in [2.75, 3.05) is 11.5 Å². The van der Waals surface area contributed by atoms with E-state index < -0.39 is 9.84 Å². The second kappa shape index (κ2) is 5.43. The molecular formula is C16H20N2O3S. The highest BCUT2D eigenvalue weighted by Crippen LogP contribution is 2.25. The molecule has 2 heterocycles. The molecule has 1 N–H and O–H groups in total. The molecular weight excluding hydrogens is 300 g/mol. The van der Waals surface area contributed by atoms with Crippen molar-refractivity contribution in [1.82, 2.24) is 9.88 Å². The number of aromatic nitrogens is 1. The van der Waals surface area contributed by atoms with Crippen LogP contribution in [0, 0.1) is 0 Å². The number of benzene rings is 1. The number of rotatable bonds is 3. The molecule has 1 aromatic heterocycles. The smallest absolute Gasteiger partial charge is 0.253 e. The topological polar surface area (TPSA) is 68.2 Å². The van der Waals surface area contributed by atoms with Gasteiger partial charge < -0.3 is 9.88 Å². The Bertz CT molecular complexity index is 821. The molecule has 1 amide bonds. The van der Waals surface area contributed by atoms with Crippen molar-refractivity contribution in [3.8, 4) is 0 Å². The van der Waals surface area contributed by atoms with E-state index in [1.54, 1.807) is 0 Å². The summed E-state index contributed by atoms with van der Waals surface area (Å²) in [6.07, 6.45) is 2.35. The predicted octanol–water partition coefficient (Wildman–Crippen LogP) is 2.14. The Morgan fingerprint density at radius 1 is 1.32 bits per heavy atom. The van der Waals surface area contributed by atoms with E-state index in [0.29, 0.717) is 12.0 Å². The molecule has 0 radical (unpaired) electrons. The first-order valence-corrected chi connectivity index (χ1v) is 9.30. The lowest BCUT2D eigenvalue weighted by molar-refractivity contribution is 0.0942. The van der Waals surface area contributed by atoms with Crippen LogP contribution < -0.4 is 5.32 Å². The van der Waals surface area contributed by atoms with Crippen molar-refractivity contribution < 1.29 is 13.2 Å². The van der Waals surface area contributed by atoms with Gasteiger partial charge in [0.25, 0.3) is 5.91 Å². The van der Waals surface area contributed by atoms with Gasteiger partial charge in [-0.2, -0.15) is 0 Å². The zero-order chi connectivity index (χ0) is 15.9. The molecule has 0 saturated carbocycles. The highest BCUT2D eigenvalue weighted by Gasteiger charge is 2.29. The summed E-state index contributed by atoms with van der Waals surface area (Å²) in [7, 11) is -2.99. The first-order chi connectivity index (χ1) is 10.4. The molecule has 1 aliphatic heterocycles. The third-order valence-electron chi connectivity index (χ3n) is 4.11. The standard InChI is InChI=1S/C16H20N2O3S/c1-11(2)18-9-14(13-5-3-4-6-15(13)18)16(19)17-12-7-8-22(20,21)10-12/h3-6,9,11-12H,7-8,10H2,1-2H3,(H,17,19). The summed E-state index contributed by atoms with van der Waals surface area (Å²) in [4.78, 5) is 12.5. The van der Waals surface area contributed by atoms with E-state index in [1.807, 2.05) is 30.5 Å². The van der Waals surface area contributed by atoms with Crippen LogP contribution in [-0.2, 0) is 9.84 Å². The summed E-state index contributed by atoms with van der Waals surface area (Å²) in [5.41, 5.74) is 1.62. The number of hydrogen-bond donors (Lipinski definition) is 1. The van der Waals surface area contributed by atoms with E-state index in [-0.39, 0.29) is 29.5 Å². The fourth-order valence-corrected chi connectivity index (χ4v) is 4.66. The zero-order valence-corrected chi connectivity index (χ0v) is 13.6. The van der Waals surface area contributed by atoms with Crippen LogP contribution in [0.5, 0.6) is 0 Å². The van der Waals surface area contributed by atoms with E-state index in [2.05, 4.69) is 23.7 Å². The van der Waals surface area contributed by atoms with Gasteiger partial charge in [-0.15, -0.1) is 0 Å². The summed E-state index contributed by atoms with van der Waals surface area (Å²) in [6, 6.07) is 7.74. The van der Waals surface area contributed by atoms with Gasteiger partial charge in [-0.25, -0.2) is 8.42 Å². The van der Waals surface area contributed by atoms with Gasteiger partial charge in [-0.3, -0.25) is 4.79 Å². The molecule has 1 fully saturated rings. The van der Waals surface area contributed by atoms with Crippen LogP contribution in [0.1, 0.15) is 36.7 Å². The number of carbonyl (C=O) groups excluding carboxylic acids is 1. The number of nitrogens with zero attached hydrogens (tertiary/aromatic N) is 1. The van der Waals surface area contributed by atoms with Crippen molar-refractivity contribution >= 4 is 26.6 Å². The molecule has 3 rings (SSSR count). The summed E-state index contributed by atoms with van der Waals surface area (Å²) >= 11 is 0. The Kier molecular flexibility index (Phi) is 3.72. The minimum Gasteiger partial charge on any atom is -0.348 e. The molecule has 1 unspecified atom stereocenters. The van der Waals surface area contributed by atoms with Crippen LogP contribution in [-0.4, -0.2) is 36.4 Å². The third kappa shape index (κ3) is 2.75. The molecule has 5 nitrogen and oxygen atoms in total. The van der Waals surface area contributed by atoms with Gasteiger partial charge in [-0.05, 0) is 26.3 Å². The van der Waals surface area contributed by atoms with E-state index >= 15 is 0 Å². The van der Waals surface area contributed by atoms with Gasteiger partial charge >= 0.3 is 0 Å². The molecule has 6 heteroatoms. The second-order valence-electron chi connectivity index (χ2n) is 6.13. The normalized spacial score (nSPS) is 20.6. The first-order valence-electron chi connectivity index (χ1n) is 7.48. The fraction of sp³-hybridized carbons (Fsp3) is 0.438. The van der Waals surface area contributed by atoms with E-state index in [9.17, 15) is 13.2 Å². The number of para-hydroxylation sites is 1. The average Bonchev–Trinajstić information content (AvgIpc) is 2.99. The zero-order valence-electron chi connectivity index (χ0n) is 12.7. The van der Waals surface area contributed by atoms with Crippen molar-refractivity contribution in [1.29, 1.82) is 0 Å². The summed E-state index contributed by atoms with van der Waals surface area (Å²) in [6.45, 7) is 4.13. The van der Waals surface area contributed by atoms with Crippen LogP contribution in [0.4, 0.5) is 0 Å². The van der Waals surface area contributed by atoms with Gasteiger partial charge in [0.15, 0.2) is 9.84 Å². The average molecular weight is 320 g/mol. The highest BCUT2D eigenvalue weighted by atomic mass is 32.2. The van der Waals surface area contributed by atoms with Gasteiger partial charge in [0.2, 0.25) is 0 Å². The Labute approximate surface area is 130 Å². The van der Waals surface area contributed by atoms with Crippen molar-refractivity contribution in [3.63, 3.8) is 0 Å². The lowest BCUT2D eigenvalue weighted by Gasteiger charge is -2.10. The largest absolute Gasteiger partial charge is 0.348 e. The number of hydrogen-bond acceptors (Lipinski definition) is 3. The maximum absolute atomic E-state index is 12.5. The predicted molar refractivity (Wildman–Crippen MR) is 86.8 cm³/mol. The quantitative estimate of drug-likeness (QED) is 0.942. The number of amides is 1. The van der Waals surface area contributed by atoms with Crippen LogP contribution in [0.15, 0.2) is 30.5 Å². The molecule has 1 saturated heterocycles. The molecule has 22 heavy (non-hydrogen) atoms. The molecule has 118 valence electrons. The Morgan fingerprint density at radius 3 is 2.68 bits per heavy atom. The Hall–Kier alpha value is -1.82. The molecule has 0 aliphatic carbocycles. The number of sulfone groups is 1. The lowest BCUT2D eigenvalue weighted by Crippen LogP contribution is -2.35. The Balaban J connectivity index is 1.91. The minimum atomic E-state index is -2.99. The van der Waals surface area contributed by atoms with Crippen LogP contribution in [0.25, 0.3) is 10.9 Å². The van der Waals surface area contributed by atoms with Gasteiger partial charge in [0.05, 0.1) is 17.1 Å².